The maximum Gasteiger partial charge on any atom is 0.363 e. The highest BCUT2D eigenvalue weighted by Gasteiger charge is 2.25. The predicted octanol–water partition coefficient (Wildman–Crippen LogP) is 3.68. The zero-order valence-electron chi connectivity index (χ0n) is 15.5. The van der Waals surface area contributed by atoms with E-state index in [0.29, 0.717) is 11.6 Å². The highest BCUT2D eigenvalue weighted by molar-refractivity contribution is 6.12. The molecule has 5 nitrogen and oxygen atoms in total. The second-order valence-corrected chi connectivity index (χ2v) is 7.37. The van der Waals surface area contributed by atoms with Gasteiger partial charge in [0.25, 0.3) is 0 Å². The SMILES string of the molecule is Cc1nn(C)c(C)c1C=C1N=C(c2ccc(C(C)(C)C)cc2)OC1=O. The van der Waals surface area contributed by atoms with Crippen molar-refractivity contribution in [2.24, 2.45) is 12.0 Å². The smallest absolute Gasteiger partial charge is 0.363 e. The summed E-state index contributed by atoms with van der Waals surface area (Å²) in [6.45, 7) is 10.4. The molecule has 0 N–H and O–H groups in total. The van der Waals surface area contributed by atoms with Gasteiger partial charge in [-0.1, -0.05) is 32.9 Å². The number of rotatable bonds is 2. The van der Waals surface area contributed by atoms with E-state index in [0.717, 1.165) is 22.5 Å². The van der Waals surface area contributed by atoms with Gasteiger partial charge in [0.05, 0.1) is 5.69 Å². The average Bonchev–Trinajstić information content (AvgIpc) is 3.02. The summed E-state index contributed by atoms with van der Waals surface area (Å²) >= 11 is 0. The number of aryl methyl sites for hydroxylation is 2. The molecule has 0 amide bonds. The minimum Gasteiger partial charge on any atom is -0.402 e. The monoisotopic (exact) mass is 337 g/mol. The molecule has 0 saturated heterocycles. The van der Waals surface area contributed by atoms with Gasteiger partial charge in [0.15, 0.2) is 5.70 Å². The lowest BCUT2D eigenvalue weighted by molar-refractivity contribution is -0.129. The summed E-state index contributed by atoms with van der Waals surface area (Å²) in [4.78, 5) is 16.6. The lowest BCUT2D eigenvalue weighted by atomic mass is 9.87. The van der Waals surface area contributed by atoms with Crippen molar-refractivity contribution in [2.75, 3.05) is 0 Å². The van der Waals surface area contributed by atoms with E-state index in [1.54, 1.807) is 10.8 Å². The fourth-order valence-electron chi connectivity index (χ4n) is 2.78. The Kier molecular flexibility index (Phi) is 4.11. The number of benzene rings is 1. The van der Waals surface area contributed by atoms with Gasteiger partial charge in [-0.25, -0.2) is 9.79 Å². The zero-order chi connectivity index (χ0) is 18.4. The minimum atomic E-state index is -0.433. The number of hydrogen-bond acceptors (Lipinski definition) is 4. The van der Waals surface area contributed by atoms with Gasteiger partial charge in [0.2, 0.25) is 5.90 Å². The second-order valence-electron chi connectivity index (χ2n) is 7.37. The van der Waals surface area contributed by atoms with Crippen LogP contribution < -0.4 is 0 Å². The molecule has 0 bridgehead atoms. The molecule has 25 heavy (non-hydrogen) atoms. The van der Waals surface area contributed by atoms with Crippen LogP contribution in [0.2, 0.25) is 0 Å². The van der Waals surface area contributed by atoms with Crippen LogP contribution in [0.15, 0.2) is 35.0 Å². The number of ether oxygens (including phenoxy) is 1. The van der Waals surface area contributed by atoms with Crippen LogP contribution in [0.5, 0.6) is 0 Å². The Morgan fingerprint density at radius 3 is 2.28 bits per heavy atom. The predicted molar refractivity (Wildman–Crippen MR) is 98.4 cm³/mol. The zero-order valence-corrected chi connectivity index (χ0v) is 15.5. The van der Waals surface area contributed by atoms with Crippen molar-refractivity contribution in [1.29, 1.82) is 0 Å². The Labute approximate surface area is 148 Å². The Morgan fingerprint density at radius 1 is 1.12 bits per heavy atom. The molecule has 0 radical (unpaired) electrons. The summed E-state index contributed by atoms with van der Waals surface area (Å²) in [7, 11) is 1.88. The number of aliphatic imine (C=N–C) groups is 1. The highest BCUT2D eigenvalue weighted by atomic mass is 16.6. The number of esters is 1. The lowest BCUT2D eigenvalue weighted by Gasteiger charge is -2.18. The van der Waals surface area contributed by atoms with Crippen molar-refractivity contribution in [1.82, 2.24) is 9.78 Å². The molecule has 130 valence electrons. The third-order valence-corrected chi connectivity index (χ3v) is 4.46. The quantitative estimate of drug-likeness (QED) is 0.620. The number of hydrogen-bond donors (Lipinski definition) is 0. The van der Waals surface area contributed by atoms with Gasteiger partial charge < -0.3 is 4.74 Å². The van der Waals surface area contributed by atoms with E-state index in [4.69, 9.17) is 4.74 Å². The van der Waals surface area contributed by atoms with Gasteiger partial charge in [-0.15, -0.1) is 0 Å². The van der Waals surface area contributed by atoms with Crippen molar-refractivity contribution >= 4 is 17.9 Å². The molecule has 0 fully saturated rings. The molecule has 3 rings (SSSR count). The lowest BCUT2D eigenvalue weighted by Crippen LogP contribution is -2.11. The maximum absolute atomic E-state index is 12.2. The first-order valence-corrected chi connectivity index (χ1v) is 8.30. The largest absolute Gasteiger partial charge is 0.402 e. The molecule has 2 heterocycles. The summed E-state index contributed by atoms with van der Waals surface area (Å²) in [5, 5.41) is 4.36. The van der Waals surface area contributed by atoms with Gasteiger partial charge in [0.1, 0.15) is 0 Å². The van der Waals surface area contributed by atoms with Crippen LogP contribution in [-0.2, 0) is 22.0 Å². The normalized spacial score (nSPS) is 16.3. The van der Waals surface area contributed by atoms with Crippen molar-refractivity contribution in [2.45, 2.75) is 40.0 Å². The van der Waals surface area contributed by atoms with Crippen LogP contribution in [0.3, 0.4) is 0 Å². The van der Waals surface area contributed by atoms with Gasteiger partial charge in [-0.05, 0) is 43.0 Å². The van der Waals surface area contributed by atoms with Crippen LogP contribution in [0.1, 0.15) is 48.8 Å². The fraction of sp³-hybridized carbons (Fsp3) is 0.350. The Morgan fingerprint density at radius 2 is 1.76 bits per heavy atom. The molecule has 1 aromatic carbocycles. The van der Waals surface area contributed by atoms with Gasteiger partial charge >= 0.3 is 5.97 Å². The number of nitrogens with zero attached hydrogens (tertiary/aromatic N) is 3. The van der Waals surface area contributed by atoms with Crippen LogP contribution in [0.4, 0.5) is 0 Å². The van der Waals surface area contributed by atoms with Crippen molar-refractivity contribution in [3.8, 4) is 0 Å². The van der Waals surface area contributed by atoms with Gasteiger partial charge in [-0.2, -0.15) is 5.10 Å². The Bertz CT molecular complexity index is 894. The topological polar surface area (TPSA) is 56.5 Å². The summed E-state index contributed by atoms with van der Waals surface area (Å²) in [6, 6.07) is 7.97. The van der Waals surface area contributed by atoms with E-state index in [1.165, 1.54) is 5.56 Å². The summed E-state index contributed by atoms with van der Waals surface area (Å²) in [6.07, 6.45) is 1.75. The third kappa shape index (κ3) is 3.27. The first-order chi connectivity index (χ1) is 11.7. The van der Waals surface area contributed by atoms with Crippen LogP contribution >= 0.6 is 0 Å². The van der Waals surface area contributed by atoms with E-state index in [2.05, 4.69) is 30.9 Å². The molecule has 2 aromatic rings. The Hall–Kier alpha value is -2.69. The van der Waals surface area contributed by atoms with E-state index in [1.807, 2.05) is 45.2 Å². The highest BCUT2D eigenvalue weighted by Crippen LogP contribution is 2.25. The Balaban J connectivity index is 1.94. The molecule has 1 aliphatic heterocycles. The van der Waals surface area contributed by atoms with E-state index < -0.39 is 5.97 Å². The third-order valence-electron chi connectivity index (χ3n) is 4.46. The molecular formula is C20H23N3O2. The maximum atomic E-state index is 12.2. The molecule has 5 heteroatoms. The first-order valence-electron chi connectivity index (χ1n) is 8.30. The molecule has 0 spiro atoms. The minimum absolute atomic E-state index is 0.0765. The summed E-state index contributed by atoms with van der Waals surface area (Å²) < 4.78 is 7.15. The van der Waals surface area contributed by atoms with E-state index in [-0.39, 0.29) is 5.41 Å². The van der Waals surface area contributed by atoms with Crippen molar-refractivity contribution in [3.05, 3.63) is 58.0 Å². The molecule has 0 aliphatic carbocycles. The number of carbonyl (C=O) groups excluding carboxylic acids is 1. The summed E-state index contributed by atoms with van der Waals surface area (Å²) in [5.41, 5.74) is 5.14. The molecule has 0 saturated carbocycles. The van der Waals surface area contributed by atoms with E-state index >= 15 is 0 Å². The van der Waals surface area contributed by atoms with Gasteiger partial charge in [-0.3, -0.25) is 4.68 Å². The number of carbonyl (C=O) groups is 1. The molecular weight excluding hydrogens is 314 g/mol. The molecule has 0 atom stereocenters. The van der Waals surface area contributed by atoms with Crippen molar-refractivity contribution in [3.63, 3.8) is 0 Å². The van der Waals surface area contributed by atoms with E-state index in [9.17, 15) is 4.79 Å². The number of aromatic nitrogens is 2. The number of cyclic esters (lactones) is 1. The first kappa shape index (κ1) is 17.1. The van der Waals surface area contributed by atoms with Crippen LogP contribution in [0, 0.1) is 13.8 Å². The van der Waals surface area contributed by atoms with Gasteiger partial charge in [0, 0.05) is 23.9 Å². The van der Waals surface area contributed by atoms with Crippen molar-refractivity contribution < 1.29 is 9.53 Å². The molecule has 1 aliphatic rings. The second kappa shape index (κ2) is 5.99. The fourth-order valence-corrected chi connectivity index (χ4v) is 2.78. The van der Waals surface area contributed by atoms with Crippen LogP contribution in [0.25, 0.3) is 6.08 Å². The average molecular weight is 337 g/mol. The molecule has 0 unspecified atom stereocenters. The van der Waals surface area contributed by atoms with Crippen LogP contribution in [-0.4, -0.2) is 21.6 Å². The molecule has 1 aromatic heterocycles. The standard InChI is InChI=1S/C20H23N3O2/c1-12-16(13(2)23(6)22-12)11-17-19(24)25-18(21-17)14-7-9-15(10-8-14)20(3,4)5/h7-11H,1-6H3. The summed E-state index contributed by atoms with van der Waals surface area (Å²) in [5.74, 6) is -0.0894.